The van der Waals surface area contributed by atoms with Gasteiger partial charge >= 0.3 is 0 Å². The third kappa shape index (κ3) is 3.00. The number of hydrogen-bond donors (Lipinski definition) is 1. The van der Waals surface area contributed by atoms with Crippen molar-refractivity contribution in [1.29, 1.82) is 0 Å². The molecule has 130 valence electrons. The van der Waals surface area contributed by atoms with Crippen molar-refractivity contribution in [2.45, 2.75) is 51.3 Å². The van der Waals surface area contributed by atoms with Gasteiger partial charge < -0.3 is 10.1 Å². The van der Waals surface area contributed by atoms with E-state index in [2.05, 4.69) is 34.2 Å². The van der Waals surface area contributed by atoms with Crippen molar-refractivity contribution < 1.29 is 4.74 Å². The van der Waals surface area contributed by atoms with Crippen LogP contribution in [0.5, 0.6) is 0 Å². The number of nitrogens with zero attached hydrogens (tertiary/aromatic N) is 4. The zero-order valence-corrected chi connectivity index (χ0v) is 14.6. The van der Waals surface area contributed by atoms with Gasteiger partial charge in [-0.05, 0) is 44.7 Å². The fourth-order valence-electron chi connectivity index (χ4n) is 3.97. The molecular weight excluding hydrogens is 302 g/mol. The van der Waals surface area contributed by atoms with E-state index in [1.54, 1.807) is 0 Å². The molecular formula is C18H27N5O. The molecule has 4 rings (SSSR count). The predicted octanol–water partition coefficient (Wildman–Crippen LogP) is 2.38. The van der Waals surface area contributed by atoms with Crippen LogP contribution in [0.2, 0.25) is 0 Å². The zero-order valence-electron chi connectivity index (χ0n) is 14.6. The fourth-order valence-corrected chi connectivity index (χ4v) is 3.97. The van der Waals surface area contributed by atoms with Crippen LogP contribution in [0.4, 0.5) is 0 Å². The molecule has 0 amide bonds. The Bertz CT molecular complexity index is 670. The van der Waals surface area contributed by atoms with Crippen molar-refractivity contribution in [1.82, 2.24) is 24.9 Å². The maximum absolute atomic E-state index is 6.08. The molecule has 2 aromatic heterocycles. The van der Waals surface area contributed by atoms with E-state index < -0.39 is 0 Å². The highest BCUT2D eigenvalue weighted by Crippen LogP contribution is 2.33. The van der Waals surface area contributed by atoms with Gasteiger partial charge in [-0.3, -0.25) is 9.36 Å². The molecule has 1 unspecified atom stereocenters. The second kappa shape index (κ2) is 6.69. The SMILES string of the molecule is CC(NC[C@@H]1CCCO[C@H]1c1ccnn1C)c1cc2n(n1)CCC2. The largest absolute Gasteiger partial charge is 0.372 e. The maximum atomic E-state index is 6.08. The molecule has 2 aromatic rings. The highest BCUT2D eigenvalue weighted by atomic mass is 16.5. The van der Waals surface area contributed by atoms with Crippen LogP contribution in [0, 0.1) is 5.92 Å². The fraction of sp³-hybridized carbons (Fsp3) is 0.667. The molecule has 0 radical (unpaired) electrons. The Labute approximate surface area is 143 Å². The second-order valence-corrected chi connectivity index (χ2v) is 7.09. The van der Waals surface area contributed by atoms with Crippen LogP contribution in [-0.2, 0) is 24.8 Å². The minimum Gasteiger partial charge on any atom is -0.372 e. The van der Waals surface area contributed by atoms with Gasteiger partial charge in [0, 0.05) is 50.6 Å². The molecule has 6 heteroatoms. The van der Waals surface area contributed by atoms with Crippen molar-refractivity contribution in [3.05, 3.63) is 35.4 Å². The monoisotopic (exact) mass is 329 g/mol. The Balaban J connectivity index is 1.40. The highest BCUT2D eigenvalue weighted by molar-refractivity contribution is 5.16. The number of nitrogens with one attached hydrogen (secondary N) is 1. The smallest absolute Gasteiger partial charge is 0.103 e. The first-order chi connectivity index (χ1) is 11.7. The van der Waals surface area contributed by atoms with Gasteiger partial charge in [-0.2, -0.15) is 10.2 Å². The van der Waals surface area contributed by atoms with Gasteiger partial charge in [0.05, 0.1) is 11.4 Å². The van der Waals surface area contributed by atoms with Gasteiger partial charge in [-0.1, -0.05) is 0 Å². The Morgan fingerprint density at radius 2 is 2.33 bits per heavy atom. The molecule has 2 aliphatic heterocycles. The van der Waals surface area contributed by atoms with Gasteiger partial charge in [0.1, 0.15) is 6.10 Å². The van der Waals surface area contributed by atoms with E-state index in [0.717, 1.165) is 26.1 Å². The molecule has 2 aliphatic rings. The number of fused-ring (bicyclic) bond motifs is 1. The summed E-state index contributed by atoms with van der Waals surface area (Å²) < 4.78 is 10.2. The topological polar surface area (TPSA) is 56.9 Å². The van der Waals surface area contributed by atoms with Crippen LogP contribution >= 0.6 is 0 Å². The molecule has 0 bridgehead atoms. The van der Waals surface area contributed by atoms with Crippen molar-refractivity contribution in [2.75, 3.05) is 13.2 Å². The summed E-state index contributed by atoms with van der Waals surface area (Å²) in [5.41, 5.74) is 3.72. The number of aromatic nitrogens is 4. The number of hydrogen-bond acceptors (Lipinski definition) is 4. The molecule has 0 spiro atoms. The van der Waals surface area contributed by atoms with Crippen LogP contribution in [0.25, 0.3) is 0 Å². The van der Waals surface area contributed by atoms with E-state index in [1.807, 2.05) is 17.9 Å². The average Bonchev–Trinajstić information content (AvgIpc) is 3.28. The average molecular weight is 329 g/mol. The first-order valence-electron chi connectivity index (χ1n) is 9.12. The lowest BCUT2D eigenvalue weighted by Crippen LogP contribution is -2.34. The van der Waals surface area contributed by atoms with Crippen LogP contribution in [0.15, 0.2) is 18.3 Å². The van der Waals surface area contributed by atoms with Crippen molar-refractivity contribution in [3.63, 3.8) is 0 Å². The van der Waals surface area contributed by atoms with E-state index >= 15 is 0 Å². The first-order valence-corrected chi connectivity index (χ1v) is 9.12. The number of rotatable bonds is 5. The van der Waals surface area contributed by atoms with Gasteiger partial charge in [-0.15, -0.1) is 0 Å². The molecule has 3 atom stereocenters. The lowest BCUT2D eigenvalue weighted by molar-refractivity contribution is -0.0328. The van der Waals surface area contributed by atoms with Crippen LogP contribution in [-0.4, -0.2) is 32.7 Å². The standard InChI is InChI=1S/C18H27N5O/c1-13(16-11-15-6-3-9-23(15)21-16)19-12-14-5-4-10-24-18(14)17-7-8-20-22(17)2/h7-8,11,13-14,18-19H,3-6,9-10,12H2,1-2H3/t13?,14-,18+/m0/s1. The molecule has 0 saturated carbocycles. The Morgan fingerprint density at radius 1 is 1.42 bits per heavy atom. The molecule has 6 nitrogen and oxygen atoms in total. The van der Waals surface area contributed by atoms with Crippen LogP contribution < -0.4 is 5.32 Å². The Hall–Kier alpha value is -1.66. The molecule has 1 N–H and O–H groups in total. The van der Waals surface area contributed by atoms with Gasteiger partial charge in [0.25, 0.3) is 0 Å². The summed E-state index contributed by atoms with van der Waals surface area (Å²) in [6, 6.07) is 4.62. The third-order valence-corrected chi connectivity index (χ3v) is 5.41. The summed E-state index contributed by atoms with van der Waals surface area (Å²) >= 11 is 0. The summed E-state index contributed by atoms with van der Waals surface area (Å²) in [4.78, 5) is 0. The first kappa shape index (κ1) is 15.8. The van der Waals surface area contributed by atoms with Gasteiger partial charge in [0.15, 0.2) is 0 Å². The molecule has 1 saturated heterocycles. The van der Waals surface area contributed by atoms with Gasteiger partial charge in [0.2, 0.25) is 0 Å². The number of ether oxygens (including phenoxy) is 1. The highest BCUT2D eigenvalue weighted by Gasteiger charge is 2.30. The molecule has 0 aromatic carbocycles. The minimum absolute atomic E-state index is 0.137. The summed E-state index contributed by atoms with van der Waals surface area (Å²) in [5.74, 6) is 0.478. The lowest BCUT2D eigenvalue weighted by Gasteiger charge is -2.32. The Morgan fingerprint density at radius 3 is 3.12 bits per heavy atom. The van der Waals surface area contributed by atoms with E-state index in [9.17, 15) is 0 Å². The van der Waals surface area contributed by atoms with Crippen molar-refractivity contribution >= 4 is 0 Å². The summed E-state index contributed by atoms with van der Waals surface area (Å²) in [5, 5.41) is 12.7. The lowest BCUT2D eigenvalue weighted by atomic mass is 9.91. The summed E-state index contributed by atoms with van der Waals surface area (Å²) in [6.45, 7) is 5.07. The minimum atomic E-state index is 0.137. The second-order valence-electron chi connectivity index (χ2n) is 7.09. The van der Waals surface area contributed by atoms with E-state index in [-0.39, 0.29) is 12.1 Å². The quantitative estimate of drug-likeness (QED) is 0.915. The Kier molecular flexibility index (Phi) is 4.41. The summed E-state index contributed by atoms with van der Waals surface area (Å²) in [6.07, 6.45) is 6.71. The maximum Gasteiger partial charge on any atom is 0.103 e. The molecule has 24 heavy (non-hydrogen) atoms. The van der Waals surface area contributed by atoms with E-state index in [0.29, 0.717) is 5.92 Å². The molecule has 4 heterocycles. The zero-order chi connectivity index (χ0) is 16.5. The predicted molar refractivity (Wildman–Crippen MR) is 91.6 cm³/mol. The molecule has 0 aliphatic carbocycles. The number of aryl methyl sites for hydroxylation is 3. The van der Waals surface area contributed by atoms with Gasteiger partial charge in [-0.25, -0.2) is 0 Å². The van der Waals surface area contributed by atoms with Crippen molar-refractivity contribution in [3.8, 4) is 0 Å². The normalized spacial score (nSPS) is 24.9. The van der Waals surface area contributed by atoms with Crippen LogP contribution in [0.1, 0.15) is 55.4 Å². The van der Waals surface area contributed by atoms with Crippen molar-refractivity contribution in [2.24, 2.45) is 13.0 Å². The van der Waals surface area contributed by atoms with E-state index in [1.165, 1.54) is 36.3 Å². The molecule has 1 fully saturated rings. The van der Waals surface area contributed by atoms with E-state index in [4.69, 9.17) is 9.84 Å². The van der Waals surface area contributed by atoms with Crippen LogP contribution in [0.3, 0.4) is 0 Å². The summed E-state index contributed by atoms with van der Waals surface area (Å²) in [7, 11) is 1.99. The third-order valence-electron chi connectivity index (χ3n) is 5.41.